The third-order valence-electron chi connectivity index (χ3n) is 7.10. The summed E-state index contributed by atoms with van der Waals surface area (Å²) in [5.74, 6) is 0.109. The van der Waals surface area contributed by atoms with E-state index in [-0.39, 0.29) is 30.5 Å². The van der Waals surface area contributed by atoms with E-state index in [9.17, 15) is 15.0 Å². The number of ether oxygens (including phenoxy) is 1. The summed E-state index contributed by atoms with van der Waals surface area (Å²) in [4.78, 5) is 13.0. The molecule has 0 radical (unpaired) electrons. The van der Waals surface area contributed by atoms with E-state index < -0.39 is 5.41 Å². The van der Waals surface area contributed by atoms with Crippen LogP contribution in [0.5, 0.6) is 11.5 Å². The van der Waals surface area contributed by atoms with Gasteiger partial charge in [-0.3, -0.25) is 4.79 Å². The van der Waals surface area contributed by atoms with Crippen LogP contribution >= 0.6 is 0 Å². The van der Waals surface area contributed by atoms with Crippen LogP contribution in [0.1, 0.15) is 36.5 Å². The van der Waals surface area contributed by atoms with Crippen molar-refractivity contribution in [1.29, 1.82) is 0 Å². The molecule has 180 valence electrons. The highest BCUT2D eigenvalue weighted by molar-refractivity contribution is 6.02. The third kappa shape index (κ3) is 4.63. The number of aromatic hydroxyl groups is 2. The highest BCUT2D eigenvalue weighted by Crippen LogP contribution is 2.38. The highest BCUT2D eigenvalue weighted by atomic mass is 16.5. The standard InChI is InChI=1S/C32H28O4/c1-32(24-10-14-26(33)15-11-24,25-12-16-27(34)17-13-25)19-18-31(35)36-21-30-28-8-4-2-6-22(28)20-23-7-3-5-9-29(23)30/h2-17,20,33-34H,18-19,21H2,1H3. The first-order valence-corrected chi connectivity index (χ1v) is 12.1. The molecule has 0 amide bonds. The lowest BCUT2D eigenvalue weighted by molar-refractivity contribution is -0.145. The Bertz CT molecular complexity index is 1420. The molecule has 0 aromatic heterocycles. The van der Waals surface area contributed by atoms with Gasteiger partial charge in [-0.2, -0.15) is 0 Å². The molecule has 0 aliphatic heterocycles. The van der Waals surface area contributed by atoms with Crippen LogP contribution in [-0.4, -0.2) is 16.2 Å². The van der Waals surface area contributed by atoms with Crippen molar-refractivity contribution in [3.63, 3.8) is 0 Å². The van der Waals surface area contributed by atoms with Crippen LogP contribution in [0.2, 0.25) is 0 Å². The summed E-state index contributed by atoms with van der Waals surface area (Å²) in [5, 5.41) is 23.9. The minimum atomic E-state index is -0.507. The number of hydrogen-bond acceptors (Lipinski definition) is 4. The first kappa shape index (κ1) is 23.4. The van der Waals surface area contributed by atoms with E-state index >= 15 is 0 Å². The van der Waals surface area contributed by atoms with Gasteiger partial charge in [0.1, 0.15) is 18.1 Å². The van der Waals surface area contributed by atoms with Crippen LogP contribution in [0.3, 0.4) is 0 Å². The number of phenolic OH excluding ortho intramolecular Hbond substituents is 2. The van der Waals surface area contributed by atoms with E-state index in [2.05, 4.69) is 37.3 Å². The summed E-state index contributed by atoms with van der Waals surface area (Å²) < 4.78 is 5.83. The summed E-state index contributed by atoms with van der Waals surface area (Å²) in [6.45, 7) is 2.27. The van der Waals surface area contributed by atoms with Gasteiger partial charge in [0.25, 0.3) is 0 Å². The molecule has 4 nitrogen and oxygen atoms in total. The lowest BCUT2D eigenvalue weighted by Crippen LogP contribution is -2.25. The molecule has 2 N–H and O–H groups in total. The Morgan fingerprint density at radius 1 is 0.722 bits per heavy atom. The van der Waals surface area contributed by atoms with E-state index in [4.69, 9.17) is 4.74 Å². The number of carbonyl (C=O) groups is 1. The van der Waals surface area contributed by atoms with Crippen LogP contribution in [0.4, 0.5) is 0 Å². The van der Waals surface area contributed by atoms with Crippen LogP contribution in [0.25, 0.3) is 21.5 Å². The van der Waals surface area contributed by atoms with Gasteiger partial charge in [-0.1, -0.05) is 79.7 Å². The molecule has 0 spiro atoms. The predicted molar refractivity (Wildman–Crippen MR) is 143 cm³/mol. The van der Waals surface area contributed by atoms with E-state index in [0.29, 0.717) is 6.42 Å². The molecule has 0 saturated carbocycles. The molecule has 0 aliphatic carbocycles. The van der Waals surface area contributed by atoms with Gasteiger partial charge in [-0.25, -0.2) is 0 Å². The van der Waals surface area contributed by atoms with Gasteiger partial charge in [-0.05, 0) is 69.4 Å². The predicted octanol–water partition coefficient (Wildman–Crippen LogP) is 7.23. The SMILES string of the molecule is CC(CCC(=O)OCc1c2ccccc2cc2ccccc12)(c1ccc(O)cc1)c1ccc(O)cc1. The van der Waals surface area contributed by atoms with Crippen LogP contribution in [0.15, 0.2) is 103 Å². The van der Waals surface area contributed by atoms with Gasteiger partial charge in [0, 0.05) is 17.4 Å². The molecular weight excluding hydrogens is 448 g/mol. The Morgan fingerprint density at radius 3 is 1.69 bits per heavy atom. The van der Waals surface area contributed by atoms with Crippen molar-refractivity contribution >= 4 is 27.5 Å². The number of benzene rings is 5. The van der Waals surface area contributed by atoms with Crippen molar-refractivity contribution in [1.82, 2.24) is 0 Å². The Kier molecular flexibility index (Phi) is 6.34. The second-order valence-corrected chi connectivity index (χ2v) is 9.38. The number of esters is 1. The van der Waals surface area contributed by atoms with Gasteiger partial charge in [0.05, 0.1) is 0 Å². The maximum Gasteiger partial charge on any atom is 0.306 e. The molecule has 4 heteroatoms. The summed E-state index contributed by atoms with van der Waals surface area (Å²) in [6.07, 6.45) is 0.735. The molecule has 5 aromatic carbocycles. The number of rotatable bonds is 7. The lowest BCUT2D eigenvalue weighted by Gasteiger charge is -2.31. The van der Waals surface area contributed by atoms with Gasteiger partial charge >= 0.3 is 5.97 Å². The molecule has 5 aromatic rings. The lowest BCUT2D eigenvalue weighted by atomic mass is 9.73. The normalized spacial score (nSPS) is 11.6. The first-order chi connectivity index (χ1) is 17.4. The molecule has 0 saturated heterocycles. The zero-order valence-corrected chi connectivity index (χ0v) is 20.1. The zero-order chi connectivity index (χ0) is 25.1. The molecule has 0 bridgehead atoms. The maximum atomic E-state index is 13.0. The molecule has 0 unspecified atom stereocenters. The number of phenols is 2. The molecule has 0 aliphatic rings. The molecule has 0 atom stereocenters. The fourth-order valence-electron chi connectivity index (χ4n) is 4.95. The van der Waals surface area contributed by atoms with Crippen molar-refractivity contribution in [2.24, 2.45) is 0 Å². The third-order valence-corrected chi connectivity index (χ3v) is 7.10. The minimum Gasteiger partial charge on any atom is -0.508 e. The largest absolute Gasteiger partial charge is 0.508 e. The highest BCUT2D eigenvalue weighted by Gasteiger charge is 2.30. The zero-order valence-electron chi connectivity index (χ0n) is 20.1. The van der Waals surface area contributed by atoms with Gasteiger partial charge in [0.15, 0.2) is 0 Å². The first-order valence-electron chi connectivity index (χ1n) is 12.1. The Labute approximate surface area is 210 Å². The Balaban J connectivity index is 1.38. The number of fused-ring (bicyclic) bond motifs is 2. The molecule has 5 rings (SSSR count). The Morgan fingerprint density at radius 2 is 1.19 bits per heavy atom. The summed E-state index contributed by atoms with van der Waals surface area (Å²) in [6, 6.07) is 32.6. The molecule has 36 heavy (non-hydrogen) atoms. The van der Waals surface area contributed by atoms with E-state index in [0.717, 1.165) is 38.2 Å². The van der Waals surface area contributed by atoms with E-state index in [1.807, 2.05) is 48.5 Å². The summed E-state index contributed by atoms with van der Waals surface area (Å²) in [5.41, 5.74) is 2.45. The van der Waals surface area contributed by atoms with Gasteiger partial charge in [-0.15, -0.1) is 0 Å². The molecule has 0 fully saturated rings. The summed E-state index contributed by atoms with van der Waals surface area (Å²) in [7, 11) is 0. The number of carbonyl (C=O) groups excluding carboxylic acids is 1. The fraction of sp³-hybridized carbons (Fsp3) is 0.156. The van der Waals surface area contributed by atoms with Crippen molar-refractivity contribution in [3.05, 3.63) is 120 Å². The van der Waals surface area contributed by atoms with Crippen LogP contribution < -0.4 is 0 Å². The molecule has 0 heterocycles. The van der Waals surface area contributed by atoms with Crippen LogP contribution in [-0.2, 0) is 21.6 Å². The topological polar surface area (TPSA) is 66.8 Å². The fourth-order valence-corrected chi connectivity index (χ4v) is 4.95. The maximum absolute atomic E-state index is 13.0. The monoisotopic (exact) mass is 476 g/mol. The average Bonchev–Trinajstić information content (AvgIpc) is 2.90. The molecular formula is C32H28O4. The number of hydrogen-bond donors (Lipinski definition) is 2. The van der Waals surface area contributed by atoms with E-state index in [1.54, 1.807) is 24.3 Å². The van der Waals surface area contributed by atoms with Crippen molar-refractivity contribution in [2.45, 2.75) is 31.8 Å². The van der Waals surface area contributed by atoms with Gasteiger partial charge in [0.2, 0.25) is 0 Å². The van der Waals surface area contributed by atoms with Crippen molar-refractivity contribution in [3.8, 4) is 11.5 Å². The van der Waals surface area contributed by atoms with Gasteiger partial charge < -0.3 is 14.9 Å². The second-order valence-electron chi connectivity index (χ2n) is 9.38. The second kappa shape index (κ2) is 9.74. The van der Waals surface area contributed by atoms with E-state index in [1.165, 1.54) is 0 Å². The smallest absolute Gasteiger partial charge is 0.306 e. The minimum absolute atomic E-state index is 0.188. The van der Waals surface area contributed by atoms with Crippen LogP contribution in [0, 0.1) is 0 Å². The van der Waals surface area contributed by atoms with Crippen molar-refractivity contribution in [2.75, 3.05) is 0 Å². The average molecular weight is 477 g/mol. The Hall–Kier alpha value is -4.31. The quantitative estimate of drug-likeness (QED) is 0.192. The summed E-state index contributed by atoms with van der Waals surface area (Å²) >= 11 is 0. The van der Waals surface area contributed by atoms with Crippen molar-refractivity contribution < 1.29 is 19.7 Å².